The van der Waals surface area contributed by atoms with Crippen molar-refractivity contribution in [1.82, 2.24) is 0 Å². The lowest BCUT2D eigenvalue weighted by molar-refractivity contribution is -0.121. The van der Waals surface area contributed by atoms with E-state index in [1.54, 1.807) is 6.08 Å². The van der Waals surface area contributed by atoms with Crippen molar-refractivity contribution in [3.05, 3.63) is 65.3 Å². The minimum Gasteiger partial charge on any atom is -0.504 e. The van der Waals surface area contributed by atoms with Crippen LogP contribution in [-0.4, -0.2) is 36.3 Å². The van der Waals surface area contributed by atoms with Crippen LogP contribution in [0, 0.1) is 5.92 Å². The maximum absolute atomic E-state index is 12.4. The number of hydrogen-bond acceptors (Lipinski definition) is 5. The van der Waals surface area contributed by atoms with E-state index in [0.29, 0.717) is 0 Å². The first kappa shape index (κ1) is 15.9. The van der Waals surface area contributed by atoms with Crippen LogP contribution in [0.5, 0.6) is 0 Å². The van der Waals surface area contributed by atoms with Gasteiger partial charge in [-0.3, -0.25) is 4.79 Å². The zero-order chi connectivity index (χ0) is 16.1. The Kier molecular flexibility index (Phi) is 5.01. The molecule has 1 aromatic carbocycles. The quantitative estimate of drug-likeness (QED) is 0.816. The maximum atomic E-state index is 12.4. The van der Waals surface area contributed by atoms with Gasteiger partial charge in [-0.2, -0.15) is 0 Å². The normalized spacial score (nSPS) is 21.7. The Bertz CT molecular complexity index is 628. The van der Waals surface area contributed by atoms with Crippen LogP contribution < -0.4 is 0 Å². The van der Waals surface area contributed by atoms with Crippen LogP contribution >= 0.6 is 0 Å². The molecule has 2 rings (SSSR count). The standard InChI is InChI=1S/C17H18O5/c1-21-14-10-13(19)17(22-2)16(20)15(14)12(18)9-8-11-6-4-3-5-7-11/h3-10,15-16,19-20H,1-2H3/b9-8+. The molecule has 2 N–H and O–H groups in total. The highest BCUT2D eigenvalue weighted by Crippen LogP contribution is 2.30. The van der Waals surface area contributed by atoms with Gasteiger partial charge in [0.25, 0.3) is 0 Å². The molecule has 0 heterocycles. The van der Waals surface area contributed by atoms with Crippen LogP contribution in [0.25, 0.3) is 6.08 Å². The SMILES string of the molecule is COC1=CC(O)=C(OC)C(O)C1C(=O)/C=C/c1ccccc1. The summed E-state index contributed by atoms with van der Waals surface area (Å²) in [5.74, 6) is -1.40. The number of rotatable bonds is 5. The average molecular weight is 302 g/mol. The molecule has 1 aliphatic rings. The Morgan fingerprint density at radius 3 is 2.45 bits per heavy atom. The van der Waals surface area contributed by atoms with Gasteiger partial charge in [-0.05, 0) is 11.6 Å². The van der Waals surface area contributed by atoms with Crippen molar-refractivity contribution in [3.63, 3.8) is 0 Å². The molecule has 22 heavy (non-hydrogen) atoms. The van der Waals surface area contributed by atoms with Crippen molar-refractivity contribution in [2.24, 2.45) is 5.92 Å². The smallest absolute Gasteiger partial charge is 0.169 e. The lowest BCUT2D eigenvalue weighted by Gasteiger charge is -2.27. The molecule has 5 nitrogen and oxygen atoms in total. The third kappa shape index (κ3) is 3.20. The monoisotopic (exact) mass is 302 g/mol. The number of methoxy groups -OCH3 is 2. The van der Waals surface area contributed by atoms with Crippen molar-refractivity contribution >= 4 is 11.9 Å². The van der Waals surface area contributed by atoms with Crippen LogP contribution in [0.1, 0.15) is 5.56 Å². The first-order valence-corrected chi connectivity index (χ1v) is 6.76. The number of ketones is 1. The fraction of sp³-hybridized carbons (Fsp3) is 0.235. The molecule has 0 aliphatic heterocycles. The Morgan fingerprint density at radius 1 is 1.18 bits per heavy atom. The topological polar surface area (TPSA) is 76.0 Å². The largest absolute Gasteiger partial charge is 0.504 e. The fourth-order valence-corrected chi connectivity index (χ4v) is 2.31. The molecular formula is C17H18O5. The predicted octanol–water partition coefficient (Wildman–Crippen LogP) is 2.21. The van der Waals surface area contributed by atoms with E-state index in [1.807, 2.05) is 30.3 Å². The van der Waals surface area contributed by atoms with Crippen molar-refractivity contribution < 1.29 is 24.5 Å². The molecule has 0 spiro atoms. The molecule has 0 bridgehead atoms. The van der Waals surface area contributed by atoms with E-state index in [-0.39, 0.29) is 23.1 Å². The number of hydrogen-bond donors (Lipinski definition) is 2. The fourth-order valence-electron chi connectivity index (χ4n) is 2.31. The molecule has 0 saturated carbocycles. The number of carbonyl (C=O) groups excluding carboxylic acids is 1. The second-order valence-corrected chi connectivity index (χ2v) is 4.77. The van der Waals surface area contributed by atoms with Crippen LogP contribution in [0.4, 0.5) is 0 Å². The van der Waals surface area contributed by atoms with Gasteiger partial charge in [0.1, 0.15) is 17.8 Å². The zero-order valence-electron chi connectivity index (χ0n) is 12.4. The summed E-state index contributed by atoms with van der Waals surface area (Å²) in [6.45, 7) is 0. The highest BCUT2D eigenvalue weighted by atomic mass is 16.5. The number of ether oxygens (including phenoxy) is 2. The van der Waals surface area contributed by atoms with Crippen molar-refractivity contribution in [3.8, 4) is 0 Å². The molecule has 1 aliphatic carbocycles. The summed E-state index contributed by atoms with van der Waals surface area (Å²) in [4.78, 5) is 12.4. The Morgan fingerprint density at radius 2 is 1.86 bits per heavy atom. The van der Waals surface area contributed by atoms with Gasteiger partial charge in [0, 0.05) is 6.08 Å². The third-order valence-electron chi connectivity index (χ3n) is 3.42. The van der Waals surface area contributed by atoms with Crippen molar-refractivity contribution in [2.45, 2.75) is 6.10 Å². The van der Waals surface area contributed by atoms with Gasteiger partial charge >= 0.3 is 0 Å². The number of benzene rings is 1. The maximum Gasteiger partial charge on any atom is 0.169 e. The minimum atomic E-state index is -1.29. The molecule has 5 heteroatoms. The Labute approximate surface area is 128 Å². The summed E-state index contributed by atoms with van der Waals surface area (Å²) in [6.07, 6.45) is 3.03. The lowest BCUT2D eigenvalue weighted by atomic mass is 9.88. The van der Waals surface area contributed by atoms with Crippen molar-refractivity contribution in [1.29, 1.82) is 0 Å². The average Bonchev–Trinajstić information content (AvgIpc) is 2.53. The summed E-state index contributed by atoms with van der Waals surface area (Å²) >= 11 is 0. The van der Waals surface area contributed by atoms with E-state index in [0.717, 1.165) is 5.56 Å². The summed E-state index contributed by atoms with van der Waals surface area (Å²) in [6, 6.07) is 9.34. The summed E-state index contributed by atoms with van der Waals surface area (Å²) < 4.78 is 10.1. The molecule has 116 valence electrons. The van der Waals surface area contributed by atoms with Crippen LogP contribution in [0.3, 0.4) is 0 Å². The summed E-state index contributed by atoms with van der Waals surface area (Å²) in [5, 5.41) is 20.0. The molecule has 0 fully saturated rings. The minimum absolute atomic E-state index is 0.0488. The summed E-state index contributed by atoms with van der Waals surface area (Å²) in [7, 11) is 2.70. The molecule has 0 aromatic heterocycles. The first-order valence-electron chi connectivity index (χ1n) is 6.76. The predicted molar refractivity (Wildman–Crippen MR) is 81.7 cm³/mol. The molecule has 2 atom stereocenters. The zero-order valence-corrected chi connectivity index (χ0v) is 12.4. The van der Waals surface area contributed by atoms with E-state index in [1.165, 1.54) is 26.4 Å². The van der Waals surface area contributed by atoms with E-state index < -0.39 is 12.0 Å². The molecule has 2 unspecified atom stereocenters. The highest BCUT2D eigenvalue weighted by Gasteiger charge is 2.38. The second kappa shape index (κ2) is 6.95. The van der Waals surface area contributed by atoms with Crippen LogP contribution in [-0.2, 0) is 14.3 Å². The lowest BCUT2D eigenvalue weighted by Crippen LogP contribution is -2.35. The number of aliphatic hydroxyl groups is 2. The van der Waals surface area contributed by atoms with Crippen LogP contribution in [0.15, 0.2) is 59.8 Å². The number of aliphatic hydroxyl groups excluding tert-OH is 2. The first-order chi connectivity index (χ1) is 10.6. The van der Waals surface area contributed by atoms with Gasteiger partial charge in [-0.15, -0.1) is 0 Å². The van der Waals surface area contributed by atoms with Gasteiger partial charge < -0.3 is 19.7 Å². The van der Waals surface area contributed by atoms with Crippen LogP contribution in [0.2, 0.25) is 0 Å². The van der Waals surface area contributed by atoms with Gasteiger partial charge in [0.15, 0.2) is 17.3 Å². The van der Waals surface area contributed by atoms with Gasteiger partial charge in [0.05, 0.1) is 14.2 Å². The molecule has 1 aromatic rings. The van der Waals surface area contributed by atoms with Gasteiger partial charge in [0.2, 0.25) is 0 Å². The van der Waals surface area contributed by atoms with Crippen molar-refractivity contribution in [2.75, 3.05) is 14.2 Å². The molecular weight excluding hydrogens is 284 g/mol. The summed E-state index contributed by atoms with van der Waals surface area (Å²) in [5.41, 5.74) is 0.870. The van der Waals surface area contributed by atoms with E-state index >= 15 is 0 Å². The molecule has 0 radical (unpaired) electrons. The Balaban J connectivity index is 2.25. The third-order valence-corrected chi connectivity index (χ3v) is 3.42. The Hall–Kier alpha value is -2.53. The molecule has 0 saturated heterocycles. The second-order valence-electron chi connectivity index (χ2n) is 4.77. The number of carbonyl (C=O) groups is 1. The van der Waals surface area contributed by atoms with Gasteiger partial charge in [-0.25, -0.2) is 0 Å². The highest BCUT2D eigenvalue weighted by molar-refractivity contribution is 5.97. The molecule has 0 amide bonds. The van der Waals surface area contributed by atoms with Gasteiger partial charge in [-0.1, -0.05) is 36.4 Å². The van der Waals surface area contributed by atoms with E-state index in [4.69, 9.17) is 9.47 Å². The van der Waals surface area contributed by atoms with E-state index in [2.05, 4.69) is 0 Å². The number of allylic oxidation sites excluding steroid dienone is 2. The van der Waals surface area contributed by atoms with E-state index in [9.17, 15) is 15.0 Å².